The Morgan fingerprint density at radius 1 is 1.17 bits per heavy atom. The summed E-state index contributed by atoms with van der Waals surface area (Å²) in [4.78, 5) is 51.7. The van der Waals surface area contributed by atoms with Gasteiger partial charge in [-0.05, 0) is 12.1 Å². The number of rotatable bonds is 4. The second-order valence-corrected chi connectivity index (χ2v) is 9.03. The van der Waals surface area contributed by atoms with Gasteiger partial charge in [-0.25, -0.2) is 4.79 Å². The first-order valence-electron chi connectivity index (χ1n) is 11.3. The lowest BCUT2D eigenvalue weighted by Crippen LogP contribution is -2.79. The van der Waals surface area contributed by atoms with Crippen LogP contribution in [0.4, 0.5) is 4.79 Å². The van der Waals surface area contributed by atoms with Gasteiger partial charge in [0.15, 0.2) is 17.7 Å². The van der Waals surface area contributed by atoms with E-state index in [9.17, 15) is 29.4 Å². The van der Waals surface area contributed by atoms with Gasteiger partial charge < -0.3 is 35.8 Å². The molecule has 36 heavy (non-hydrogen) atoms. The number of amides is 4. The average Bonchev–Trinajstić information content (AvgIpc) is 3.42. The summed E-state index contributed by atoms with van der Waals surface area (Å²) in [6, 6.07) is 6.20. The molecule has 1 aromatic carbocycles. The van der Waals surface area contributed by atoms with Crippen molar-refractivity contribution in [2.45, 2.75) is 42.5 Å². The molecule has 1 aromatic rings. The highest BCUT2D eigenvalue weighted by Crippen LogP contribution is 2.46. The summed E-state index contributed by atoms with van der Waals surface area (Å²) in [6.07, 6.45) is -2.59. The van der Waals surface area contributed by atoms with Crippen LogP contribution in [0.2, 0.25) is 0 Å². The van der Waals surface area contributed by atoms with Crippen LogP contribution >= 0.6 is 0 Å². The van der Waals surface area contributed by atoms with Crippen LogP contribution in [0, 0.1) is 5.41 Å². The Morgan fingerprint density at radius 2 is 1.83 bits per heavy atom. The van der Waals surface area contributed by atoms with Crippen LogP contribution in [0.3, 0.4) is 0 Å². The summed E-state index contributed by atoms with van der Waals surface area (Å²) in [5, 5.41) is 41.5. The smallest absolute Gasteiger partial charge is 0.414 e. The van der Waals surface area contributed by atoms with Crippen molar-refractivity contribution in [1.29, 1.82) is 5.41 Å². The van der Waals surface area contributed by atoms with Crippen LogP contribution in [0.5, 0.6) is 0 Å². The highest BCUT2D eigenvalue weighted by atomic mass is 16.6. The molecule has 7 N–H and O–H groups in total. The molecule has 0 aromatic heterocycles. The molecule has 2 unspecified atom stereocenters. The Hall–Kier alpha value is -4.17. The van der Waals surface area contributed by atoms with E-state index in [4.69, 9.17) is 10.1 Å². The van der Waals surface area contributed by atoms with Crippen molar-refractivity contribution in [3.05, 3.63) is 48.3 Å². The second-order valence-electron chi connectivity index (χ2n) is 9.03. The average molecular weight is 499 g/mol. The van der Waals surface area contributed by atoms with Gasteiger partial charge in [0.25, 0.3) is 5.91 Å². The van der Waals surface area contributed by atoms with E-state index in [2.05, 4.69) is 22.5 Å². The Morgan fingerprint density at radius 3 is 2.50 bits per heavy atom. The van der Waals surface area contributed by atoms with Crippen LogP contribution in [0.15, 0.2) is 42.7 Å². The highest BCUT2D eigenvalue weighted by Gasteiger charge is 2.75. The van der Waals surface area contributed by atoms with Gasteiger partial charge >= 0.3 is 6.09 Å². The normalized spacial score (nSPS) is 30.2. The number of benzene rings is 1. The number of aliphatic hydroxyl groups is 2. The summed E-state index contributed by atoms with van der Waals surface area (Å²) < 4.78 is 5.26. The molecule has 4 atom stereocenters. The predicted octanol–water partition coefficient (Wildman–Crippen LogP) is -2.30. The number of carbonyl (C=O) groups is 4. The third-order valence-electron chi connectivity index (χ3n) is 6.96. The van der Waals surface area contributed by atoms with Gasteiger partial charge in [0, 0.05) is 18.4 Å². The van der Waals surface area contributed by atoms with Gasteiger partial charge in [-0.3, -0.25) is 30.0 Å². The maximum Gasteiger partial charge on any atom is 0.414 e. The topological polar surface area (TPSA) is 196 Å². The number of guanidine groups is 1. The molecule has 4 fully saturated rings. The Balaban J connectivity index is 1.38. The van der Waals surface area contributed by atoms with Crippen LogP contribution in [-0.4, -0.2) is 92.5 Å². The molecule has 4 heterocycles. The van der Waals surface area contributed by atoms with Crippen molar-refractivity contribution in [2.24, 2.45) is 0 Å². The number of hydrogen-bond acceptors (Lipinski definition) is 10. The van der Waals surface area contributed by atoms with Crippen molar-refractivity contribution >= 4 is 29.8 Å². The highest BCUT2D eigenvalue weighted by molar-refractivity contribution is 6.03. The number of carbonyl (C=O) groups excluding carboxylic acids is 4. The number of nitrogens with zero attached hydrogens (tertiary/aromatic N) is 2. The summed E-state index contributed by atoms with van der Waals surface area (Å²) in [5.74, 6) is -4.28. The largest absolute Gasteiger partial charge is 0.438 e. The van der Waals surface area contributed by atoms with Gasteiger partial charge in [-0.15, -0.1) is 0 Å². The first-order chi connectivity index (χ1) is 17.0. The first kappa shape index (κ1) is 23.6. The van der Waals surface area contributed by atoms with E-state index in [1.165, 1.54) is 17.0 Å². The number of alkyl carbamates (subject to hydrolysis) is 1. The van der Waals surface area contributed by atoms with Gasteiger partial charge in [-0.2, -0.15) is 0 Å². The van der Waals surface area contributed by atoms with E-state index < -0.39 is 41.6 Å². The standard InChI is InChI=1S/C22H25N7O7/c1-11-24-13(9-28-15(30)7-8-16(28)31)17-21(27-19(23)25-17)22(34,35)14(10-29(11)21)36-20(33)26-18(32)12-5-3-2-4-6-12/h2-6,13-14,17,24,34-35H,1,7-10H2,(H3,23,25,27)(H,26,32,33)/t13-,14-,17?,21?/m0/s1. The van der Waals surface area contributed by atoms with Gasteiger partial charge in [0.2, 0.25) is 17.6 Å². The molecule has 4 aliphatic heterocycles. The van der Waals surface area contributed by atoms with Crippen molar-refractivity contribution in [1.82, 2.24) is 31.1 Å². The molecule has 0 saturated carbocycles. The van der Waals surface area contributed by atoms with Crippen molar-refractivity contribution in [2.75, 3.05) is 13.1 Å². The minimum Gasteiger partial charge on any atom is -0.438 e. The quantitative estimate of drug-likeness (QED) is 0.174. The summed E-state index contributed by atoms with van der Waals surface area (Å²) >= 11 is 0. The molecule has 4 saturated heterocycles. The van der Waals surface area contributed by atoms with Crippen molar-refractivity contribution < 1.29 is 34.1 Å². The first-order valence-corrected chi connectivity index (χ1v) is 11.3. The lowest BCUT2D eigenvalue weighted by atomic mass is 9.84. The van der Waals surface area contributed by atoms with E-state index in [1.54, 1.807) is 18.2 Å². The molecule has 0 bridgehead atoms. The molecular formula is C22H25N7O7. The maximum atomic E-state index is 12.5. The second kappa shape index (κ2) is 8.20. The summed E-state index contributed by atoms with van der Waals surface area (Å²) in [6.45, 7) is 3.57. The maximum absolute atomic E-state index is 12.5. The van der Waals surface area contributed by atoms with E-state index in [-0.39, 0.29) is 55.1 Å². The minimum atomic E-state index is -2.79. The third-order valence-corrected chi connectivity index (χ3v) is 6.96. The van der Waals surface area contributed by atoms with E-state index >= 15 is 0 Å². The molecule has 0 aliphatic carbocycles. The van der Waals surface area contributed by atoms with Crippen LogP contribution in [-0.2, 0) is 14.3 Å². The molecule has 0 radical (unpaired) electrons. The van der Waals surface area contributed by atoms with E-state index in [0.29, 0.717) is 0 Å². The van der Waals surface area contributed by atoms with Crippen molar-refractivity contribution in [3.8, 4) is 0 Å². The summed E-state index contributed by atoms with van der Waals surface area (Å²) in [5.41, 5.74) is -1.63. The third kappa shape index (κ3) is 3.45. The zero-order chi connectivity index (χ0) is 25.8. The lowest BCUT2D eigenvalue weighted by molar-refractivity contribution is -0.261. The Kier molecular flexibility index (Phi) is 5.37. The van der Waals surface area contributed by atoms with Crippen LogP contribution in [0.25, 0.3) is 0 Å². The molecule has 14 nitrogen and oxygen atoms in total. The van der Waals surface area contributed by atoms with Gasteiger partial charge in [0.05, 0.1) is 31.0 Å². The zero-order valence-corrected chi connectivity index (χ0v) is 19.0. The van der Waals surface area contributed by atoms with Crippen LogP contribution < -0.4 is 21.3 Å². The zero-order valence-electron chi connectivity index (χ0n) is 19.0. The Labute approximate surface area is 204 Å². The molecule has 190 valence electrons. The lowest BCUT2D eigenvalue weighted by Gasteiger charge is -2.52. The fourth-order valence-electron chi connectivity index (χ4n) is 5.30. The predicted molar refractivity (Wildman–Crippen MR) is 121 cm³/mol. The molecule has 14 heteroatoms. The number of ether oxygens (including phenoxy) is 1. The van der Waals surface area contributed by atoms with E-state index in [0.717, 1.165) is 4.90 Å². The molecule has 5 rings (SSSR count). The fraction of sp³-hybridized carbons (Fsp3) is 0.409. The number of hydrogen-bond donors (Lipinski definition) is 7. The van der Waals surface area contributed by atoms with Gasteiger partial charge in [-0.1, -0.05) is 24.8 Å². The summed E-state index contributed by atoms with van der Waals surface area (Å²) in [7, 11) is 0. The van der Waals surface area contributed by atoms with Gasteiger partial charge in [0.1, 0.15) is 0 Å². The number of imide groups is 2. The minimum absolute atomic E-state index is 0.0899. The number of nitrogens with one attached hydrogen (secondary N) is 5. The number of likely N-dealkylation sites (tertiary alicyclic amines) is 1. The Bertz CT molecular complexity index is 1160. The monoisotopic (exact) mass is 499 g/mol. The molecule has 4 aliphatic rings. The molecular weight excluding hydrogens is 474 g/mol. The van der Waals surface area contributed by atoms with Crippen molar-refractivity contribution in [3.63, 3.8) is 0 Å². The SMILES string of the molecule is C=C1N[C@@H](CN2C(=O)CCC2=O)C2NC(=N)NC23N1C[C@H](OC(=O)NC(=O)c1ccccc1)C3(O)O. The fourth-order valence-corrected chi connectivity index (χ4v) is 5.30. The molecule has 4 amide bonds. The van der Waals surface area contributed by atoms with E-state index in [1.807, 2.05) is 5.32 Å². The molecule has 1 spiro atoms. The van der Waals surface area contributed by atoms with Crippen LogP contribution in [0.1, 0.15) is 23.2 Å².